The summed E-state index contributed by atoms with van der Waals surface area (Å²) in [6.07, 6.45) is 2.43. The maximum atomic E-state index is 12.4. The van der Waals surface area contributed by atoms with Crippen LogP contribution < -0.4 is 11.1 Å². The van der Waals surface area contributed by atoms with Crippen molar-refractivity contribution < 1.29 is 14.5 Å². The van der Waals surface area contributed by atoms with E-state index in [2.05, 4.69) is 15.5 Å². The number of nitro groups is 1. The molecule has 0 unspecified atom stereocenters. The van der Waals surface area contributed by atoms with Crippen molar-refractivity contribution in [3.63, 3.8) is 0 Å². The van der Waals surface area contributed by atoms with Crippen LogP contribution in [0.25, 0.3) is 0 Å². The molecule has 2 amide bonds. The molecule has 0 atom stereocenters. The number of carbonyl (C=O) groups is 2. The summed E-state index contributed by atoms with van der Waals surface area (Å²) in [6.45, 7) is 4.22. The third-order valence-corrected chi connectivity index (χ3v) is 3.10. The van der Waals surface area contributed by atoms with Crippen LogP contribution in [-0.2, 0) is 13.1 Å². The largest absolute Gasteiger partial charge is 0.364 e. The normalized spacial score (nSPS) is 10.5. The van der Waals surface area contributed by atoms with E-state index in [9.17, 15) is 19.7 Å². The van der Waals surface area contributed by atoms with Crippen LogP contribution in [-0.4, -0.2) is 36.3 Å². The quantitative estimate of drug-likeness (QED) is 0.579. The SMILES string of the molecule is CCn1cc(NC(=O)c2c([N+](=O)[O-])cnn2CC)c(C(N)=O)n1. The van der Waals surface area contributed by atoms with Gasteiger partial charge >= 0.3 is 5.69 Å². The van der Waals surface area contributed by atoms with Crippen molar-refractivity contribution in [1.29, 1.82) is 0 Å². The topological polar surface area (TPSA) is 151 Å². The van der Waals surface area contributed by atoms with E-state index in [1.54, 1.807) is 13.8 Å². The minimum absolute atomic E-state index is 0.0856. The van der Waals surface area contributed by atoms with Crippen LogP contribution in [0.15, 0.2) is 12.4 Å². The molecule has 0 spiro atoms. The third kappa shape index (κ3) is 3.02. The number of rotatable bonds is 6. The number of carbonyl (C=O) groups excluding carboxylic acids is 2. The molecule has 0 saturated heterocycles. The summed E-state index contributed by atoms with van der Waals surface area (Å²) in [7, 11) is 0. The highest BCUT2D eigenvalue weighted by Crippen LogP contribution is 2.21. The number of anilines is 1. The van der Waals surface area contributed by atoms with E-state index in [1.165, 1.54) is 15.6 Å². The highest BCUT2D eigenvalue weighted by molar-refractivity contribution is 6.08. The van der Waals surface area contributed by atoms with Crippen LogP contribution in [0.5, 0.6) is 0 Å². The minimum Gasteiger partial charge on any atom is -0.364 e. The Morgan fingerprint density at radius 2 is 2.09 bits per heavy atom. The number of aryl methyl sites for hydroxylation is 2. The van der Waals surface area contributed by atoms with E-state index in [1.807, 2.05) is 0 Å². The summed E-state index contributed by atoms with van der Waals surface area (Å²) in [6, 6.07) is 0. The van der Waals surface area contributed by atoms with Gasteiger partial charge in [0.15, 0.2) is 5.69 Å². The zero-order valence-corrected chi connectivity index (χ0v) is 12.5. The lowest BCUT2D eigenvalue weighted by molar-refractivity contribution is -0.385. The molecule has 2 rings (SSSR count). The fraction of sp³-hybridized carbons (Fsp3) is 0.333. The fourth-order valence-electron chi connectivity index (χ4n) is 2.02. The van der Waals surface area contributed by atoms with Crippen LogP contribution in [0.3, 0.4) is 0 Å². The minimum atomic E-state index is -0.814. The van der Waals surface area contributed by atoms with Gasteiger partial charge in [0.25, 0.3) is 11.8 Å². The van der Waals surface area contributed by atoms with Gasteiger partial charge in [0.05, 0.1) is 10.6 Å². The summed E-state index contributed by atoms with van der Waals surface area (Å²) in [4.78, 5) is 34.1. The first-order valence-corrected chi connectivity index (χ1v) is 6.77. The molecule has 122 valence electrons. The monoisotopic (exact) mass is 321 g/mol. The van der Waals surface area contributed by atoms with Crippen molar-refractivity contribution in [3.05, 3.63) is 33.9 Å². The highest BCUT2D eigenvalue weighted by atomic mass is 16.6. The van der Waals surface area contributed by atoms with Crippen molar-refractivity contribution in [1.82, 2.24) is 19.6 Å². The molecule has 2 heterocycles. The van der Waals surface area contributed by atoms with Gasteiger partial charge in [-0.25, -0.2) is 0 Å². The number of aromatic nitrogens is 4. The molecule has 3 N–H and O–H groups in total. The van der Waals surface area contributed by atoms with E-state index < -0.39 is 22.4 Å². The van der Waals surface area contributed by atoms with Crippen molar-refractivity contribution in [3.8, 4) is 0 Å². The molecule has 2 aromatic rings. The Labute approximate surface area is 130 Å². The van der Waals surface area contributed by atoms with Gasteiger partial charge in [-0.1, -0.05) is 0 Å². The molecule has 0 aromatic carbocycles. The number of primary amides is 1. The Balaban J connectivity index is 2.40. The molecule has 0 aliphatic carbocycles. The summed E-state index contributed by atoms with van der Waals surface area (Å²) in [5.41, 5.74) is 4.55. The average molecular weight is 321 g/mol. The van der Waals surface area contributed by atoms with Gasteiger partial charge in [-0.05, 0) is 13.8 Å². The molecule has 0 fully saturated rings. The lowest BCUT2D eigenvalue weighted by Crippen LogP contribution is -2.21. The van der Waals surface area contributed by atoms with Gasteiger partial charge in [0, 0.05) is 19.3 Å². The smallest absolute Gasteiger partial charge is 0.320 e. The molecule has 23 heavy (non-hydrogen) atoms. The predicted molar refractivity (Wildman–Crippen MR) is 78.9 cm³/mol. The Kier molecular flexibility index (Phi) is 4.39. The van der Waals surface area contributed by atoms with Gasteiger partial charge in [0.2, 0.25) is 5.69 Å². The molecule has 11 heteroatoms. The lowest BCUT2D eigenvalue weighted by atomic mass is 10.3. The first-order chi connectivity index (χ1) is 10.9. The van der Waals surface area contributed by atoms with Gasteiger partial charge in [-0.2, -0.15) is 10.2 Å². The second-order valence-corrected chi connectivity index (χ2v) is 4.52. The summed E-state index contributed by atoms with van der Waals surface area (Å²) in [5.74, 6) is -1.58. The number of hydrogen-bond acceptors (Lipinski definition) is 6. The standard InChI is InChI=1S/C12H15N7O4/c1-3-17-6-7(9(16-17)11(13)20)15-12(21)10-8(19(22)23)5-14-18(10)4-2/h5-6H,3-4H2,1-2H3,(H2,13,20)(H,15,21). The second kappa shape index (κ2) is 6.25. The maximum Gasteiger partial charge on any atom is 0.320 e. The number of nitrogens with two attached hydrogens (primary N) is 1. The Morgan fingerprint density at radius 3 is 2.61 bits per heavy atom. The van der Waals surface area contributed by atoms with Crippen LogP contribution in [0.2, 0.25) is 0 Å². The first-order valence-electron chi connectivity index (χ1n) is 6.77. The molecular weight excluding hydrogens is 306 g/mol. The highest BCUT2D eigenvalue weighted by Gasteiger charge is 2.28. The Bertz CT molecular complexity index is 776. The van der Waals surface area contributed by atoms with Crippen LogP contribution >= 0.6 is 0 Å². The first kappa shape index (κ1) is 16.1. The molecule has 0 bridgehead atoms. The van der Waals surface area contributed by atoms with E-state index >= 15 is 0 Å². The second-order valence-electron chi connectivity index (χ2n) is 4.52. The van der Waals surface area contributed by atoms with E-state index in [-0.39, 0.29) is 23.6 Å². The van der Waals surface area contributed by atoms with Gasteiger partial charge in [0.1, 0.15) is 6.20 Å². The lowest BCUT2D eigenvalue weighted by Gasteiger charge is -2.05. The van der Waals surface area contributed by atoms with E-state index in [4.69, 9.17) is 5.73 Å². The van der Waals surface area contributed by atoms with Crippen LogP contribution in [0.4, 0.5) is 11.4 Å². The van der Waals surface area contributed by atoms with Crippen molar-refractivity contribution in [2.45, 2.75) is 26.9 Å². The van der Waals surface area contributed by atoms with Gasteiger partial charge < -0.3 is 11.1 Å². The number of nitrogens with zero attached hydrogens (tertiary/aromatic N) is 5. The third-order valence-electron chi connectivity index (χ3n) is 3.10. The summed E-state index contributed by atoms with van der Waals surface area (Å²) < 4.78 is 2.61. The average Bonchev–Trinajstić information content (AvgIpc) is 3.10. The zero-order chi connectivity index (χ0) is 17.1. The van der Waals surface area contributed by atoms with E-state index in [0.29, 0.717) is 6.54 Å². The number of hydrogen-bond donors (Lipinski definition) is 2. The van der Waals surface area contributed by atoms with E-state index in [0.717, 1.165) is 6.20 Å². The Morgan fingerprint density at radius 1 is 1.39 bits per heavy atom. The molecule has 0 saturated carbocycles. The number of amides is 2. The van der Waals surface area contributed by atoms with Gasteiger partial charge in [-0.3, -0.25) is 29.1 Å². The molecular formula is C12H15N7O4. The van der Waals surface area contributed by atoms with Crippen molar-refractivity contribution in [2.75, 3.05) is 5.32 Å². The predicted octanol–water partition coefficient (Wildman–Crippen LogP) is 0.379. The maximum absolute atomic E-state index is 12.4. The molecule has 2 aromatic heterocycles. The van der Waals surface area contributed by atoms with Gasteiger partial charge in [-0.15, -0.1) is 0 Å². The Hall–Kier alpha value is -3.24. The molecule has 0 aliphatic rings. The molecule has 0 aliphatic heterocycles. The van der Waals surface area contributed by atoms with Crippen LogP contribution in [0, 0.1) is 10.1 Å². The zero-order valence-electron chi connectivity index (χ0n) is 12.5. The summed E-state index contributed by atoms with van der Waals surface area (Å²) in [5, 5.41) is 21.2. The molecule has 0 radical (unpaired) electrons. The summed E-state index contributed by atoms with van der Waals surface area (Å²) >= 11 is 0. The van der Waals surface area contributed by atoms with Crippen molar-refractivity contribution in [2.24, 2.45) is 5.73 Å². The van der Waals surface area contributed by atoms with Crippen LogP contribution in [0.1, 0.15) is 34.8 Å². The fourth-order valence-corrected chi connectivity index (χ4v) is 2.02. The number of nitrogens with one attached hydrogen (secondary N) is 1. The van der Waals surface area contributed by atoms with Crippen molar-refractivity contribution >= 4 is 23.2 Å². The molecule has 11 nitrogen and oxygen atoms in total.